The summed E-state index contributed by atoms with van der Waals surface area (Å²) in [7, 11) is 0. The van der Waals surface area contributed by atoms with Crippen LogP contribution in [0.1, 0.15) is 47.4 Å². The molecule has 1 aliphatic rings. The summed E-state index contributed by atoms with van der Waals surface area (Å²) in [5.74, 6) is 0.401. The molecular formula is C17H20ClN3O. The zero-order valence-corrected chi connectivity index (χ0v) is 13.8. The van der Waals surface area contributed by atoms with Crippen molar-refractivity contribution in [1.29, 1.82) is 0 Å². The predicted octanol–water partition coefficient (Wildman–Crippen LogP) is 3.67. The molecular weight excluding hydrogens is 298 g/mol. The largest absolute Gasteiger partial charge is 0.334 e. The van der Waals surface area contributed by atoms with Gasteiger partial charge in [-0.05, 0) is 36.6 Å². The second-order valence-electron chi connectivity index (χ2n) is 6.20. The molecule has 1 saturated heterocycles. The van der Waals surface area contributed by atoms with Crippen molar-refractivity contribution in [2.24, 2.45) is 0 Å². The maximum atomic E-state index is 12.5. The van der Waals surface area contributed by atoms with Gasteiger partial charge in [0, 0.05) is 19.3 Å². The number of aryl methyl sites for hydroxylation is 1. The summed E-state index contributed by atoms with van der Waals surface area (Å²) in [6, 6.07) is 7.97. The Morgan fingerprint density at radius 1 is 1.32 bits per heavy atom. The molecule has 0 bridgehead atoms. The van der Waals surface area contributed by atoms with Crippen molar-refractivity contribution >= 4 is 17.5 Å². The maximum Gasteiger partial charge on any atom is 0.255 e. The first-order valence-electron chi connectivity index (χ1n) is 7.56. The first-order valence-corrected chi connectivity index (χ1v) is 7.94. The number of hydrogen-bond acceptors (Lipinski definition) is 2. The molecule has 0 saturated carbocycles. The van der Waals surface area contributed by atoms with E-state index in [1.54, 1.807) is 0 Å². The number of hydrogen-bond donors (Lipinski definition) is 0. The molecule has 0 N–H and O–H groups in total. The minimum atomic E-state index is 0.000402. The smallest absolute Gasteiger partial charge is 0.255 e. The average Bonchev–Trinajstić information content (AvgIpc) is 2.83. The van der Waals surface area contributed by atoms with Crippen LogP contribution in [0.4, 0.5) is 0 Å². The van der Waals surface area contributed by atoms with Crippen LogP contribution >= 0.6 is 11.6 Å². The average molecular weight is 318 g/mol. The van der Waals surface area contributed by atoms with Gasteiger partial charge in [0.25, 0.3) is 5.91 Å². The lowest BCUT2D eigenvalue weighted by Crippen LogP contribution is -2.50. The molecule has 0 spiro atoms. The van der Waals surface area contributed by atoms with Gasteiger partial charge in [-0.1, -0.05) is 31.5 Å². The van der Waals surface area contributed by atoms with Gasteiger partial charge in [0.15, 0.2) is 0 Å². The van der Waals surface area contributed by atoms with Crippen LogP contribution in [0.2, 0.25) is 5.02 Å². The molecule has 0 unspecified atom stereocenters. The molecule has 1 aromatic heterocycles. The third kappa shape index (κ3) is 2.75. The number of rotatable bonds is 3. The molecule has 0 atom stereocenters. The molecule has 0 radical (unpaired) electrons. The van der Waals surface area contributed by atoms with E-state index in [-0.39, 0.29) is 11.9 Å². The third-order valence-corrected chi connectivity index (χ3v) is 4.47. The first-order chi connectivity index (χ1) is 10.5. The highest BCUT2D eigenvalue weighted by Crippen LogP contribution is 2.28. The van der Waals surface area contributed by atoms with Crippen molar-refractivity contribution < 1.29 is 4.79 Å². The monoisotopic (exact) mass is 317 g/mol. The number of amides is 1. The zero-order chi connectivity index (χ0) is 15.9. The van der Waals surface area contributed by atoms with Crippen LogP contribution < -0.4 is 0 Å². The fourth-order valence-electron chi connectivity index (χ4n) is 2.66. The Bertz CT molecular complexity index is 702. The van der Waals surface area contributed by atoms with Gasteiger partial charge in [-0.3, -0.25) is 9.48 Å². The van der Waals surface area contributed by atoms with E-state index < -0.39 is 0 Å². The molecule has 116 valence electrons. The highest BCUT2D eigenvalue weighted by atomic mass is 35.5. The van der Waals surface area contributed by atoms with Crippen LogP contribution in [0.25, 0.3) is 0 Å². The number of nitrogens with zero attached hydrogens (tertiary/aromatic N) is 3. The van der Waals surface area contributed by atoms with Crippen molar-refractivity contribution in [3.05, 3.63) is 52.3 Å². The Kier molecular flexibility index (Phi) is 3.96. The van der Waals surface area contributed by atoms with E-state index in [0.717, 1.165) is 11.3 Å². The second-order valence-corrected chi connectivity index (χ2v) is 6.60. The lowest BCUT2D eigenvalue weighted by atomic mass is 10.0. The van der Waals surface area contributed by atoms with E-state index in [1.807, 2.05) is 47.0 Å². The van der Waals surface area contributed by atoms with Gasteiger partial charge in [0.2, 0.25) is 0 Å². The van der Waals surface area contributed by atoms with Gasteiger partial charge in [-0.25, -0.2) is 0 Å². The van der Waals surface area contributed by atoms with Crippen LogP contribution in [-0.2, 0) is 0 Å². The SMILES string of the molecule is Cc1ccn(C2CN(C(=O)c3ccc(C(C)C)cc3Cl)C2)n1. The normalized spacial score (nSPS) is 15.2. The quantitative estimate of drug-likeness (QED) is 0.866. The minimum Gasteiger partial charge on any atom is -0.334 e. The molecule has 1 fully saturated rings. The molecule has 2 aromatic rings. The molecule has 1 aliphatic heterocycles. The summed E-state index contributed by atoms with van der Waals surface area (Å²) in [5, 5.41) is 4.94. The predicted molar refractivity (Wildman–Crippen MR) is 87.4 cm³/mol. The highest BCUT2D eigenvalue weighted by molar-refractivity contribution is 6.33. The summed E-state index contributed by atoms with van der Waals surface area (Å²) in [6.45, 7) is 7.55. The standard InChI is InChI=1S/C17H20ClN3O/c1-11(2)13-4-5-15(16(18)8-13)17(22)20-9-14(10-20)21-7-6-12(3)19-21/h4-8,11,14H,9-10H2,1-3H3. The Morgan fingerprint density at radius 2 is 2.05 bits per heavy atom. The Morgan fingerprint density at radius 3 is 2.59 bits per heavy atom. The van der Waals surface area contributed by atoms with Gasteiger partial charge in [-0.2, -0.15) is 5.10 Å². The van der Waals surface area contributed by atoms with Gasteiger partial charge in [0.05, 0.1) is 22.3 Å². The van der Waals surface area contributed by atoms with Crippen LogP contribution in [0.5, 0.6) is 0 Å². The van der Waals surface area contributed by atoms with Crippen molar-refractivity contribution in [2.45, 2.75) is 32.7 Å². The van der Waals surface area contributed by atoms with Crippen LogP contribution in [0.3, 0.4) is 0 Å². The van der Waals surface area contributed by atoms with E-state index in [4.69, 9.17) is 11.6 Å². The van der Waals surface area contributed by atoms with Crippen molar-refractivity contribution in [3.63, 3.8) is 0 Å². The van der Waals surface area contributed by atoms with E-state index in [1.165, 1.54) is 0 Å². The Hall–Kier alpha value is -1.81. The number of carbonyl (C=O) groups excluding carboxylic acids is 1. The van der Waals surface area contributed by atoms with E-state index in [0.29, 0.717) is 29.6 Å². The van der Waals surface area contributed by atoms with E-state index >= 15 is 0 Å². The lowest BCUT2D eigenvalue weighted by molar-refractivity contribution is 0.0501. The maximum absolute atomic E-state index is 12.5. The lowest BCUT2D eigenvalue weighted by Gasteiger charge is -2.39. The van der Waals surface area contributed by atoms with E-state index in [2.05, 4.69) is 18.9 Å². The molecule has 22 heavy (non-hydrogen) atoms. The molecule has 1 amide bonds. The fourth-order valence-corrected chi connectivity index (χ4v) is 2.93. The molecule has 4 nitrogen and oxygen atoms in total. The fraction of sp³-hybridized carbons (Fsp3) is 0.412. The van der Waals surface area contributed by atoms with Gasteiger partial charge in [0.1, 0.15) is 0 Å². The van der Waals surface area contributed by atoms with Crippen molar-refractivity contribution in [3.8, 4) is 0 Å². The van der Waals surface area contributed by atoms with E-state index in [9.17, 15) is 4.79 Å². The number of aromatic nitrogens is 2. The zero-order valence-electron chi connectivity index (χ0n) is 13.1. The Labute approximate surface area is 135 Å². The molecule has 2 heterocycles. The number of benzene rings is 1. The minimum absolute atomic E-state index is 0.000402. The van der Waals surface area contributed by atoms with Gasteiger partial charge >= 0.3 is 0 Å². The van der Waals surface area contributed by atoms with Crippen LogP contribution in [0.15, 0.2) is 30.5 Å². The van der Waals surface area contributed by atoms with Gasteiger partial charge in [-0.15, -0.1) is 0 Å². The molecule has 5 heteroatoms. The van der Waals surface area contributed by atoms with Crippen molar-refractivity contribution in [2.75, 3.05) is 13.1 Å². The number of likely N-dealkylation sites (tertiary alicyclic amines) is 1. The van der Waals surface area contributed by atoms with Gasteiger partial charge < -0.3 is 4.90 Å². The van der Waals surface area contributed by atoms with Crippen molar-refractivity contribution in [1.82, 2.24) is 14.7 Å². The summed E-state index contributed by atoms with van der Waals surface area (Å²) in [5.41, 5.74) is 2.73. The molecule has 0 aliphatic carbocycles. The Balaban J connectivity index is 1.68. The summed E-state index contributed by atoms with van der Waals surface area (Å²) in [6.07, 6.45) is 1.96. The van der Waals surface area contributed by atoms with Crippen LogP contribution in [-0.4, -0.2) is 33.7 Å². The first kappa shape index (κ1) is 15.1. The highest BCUT2D eigenvalue weighted by Gasteiger charge is 2.33. The number of halogens is 1. The summed E-state index contributed by atoms with van der Waals surface area (Å²) in [4.78, 5) is 14.3. The number of carbonyl (C=O) groups is 1. The molecule has 1 aromatic carbocycles. The second kappa shape index (κ2) is 5.76. The van der Waals surface area contributed by atoms with Crippen LogP contribution in [0, 0.1) is 6.92 Å². The third-order valence-electron chi connectivity index (χ3n) is 4.16. The topological polar surface area (TPSA) is 38.1 Å². The molecule has 3 rings (SSSR count). The summed E-state index contributed by atoms with van der Waals surface area (Å²) < 4.78 is 1.93. The summed E-state index contributed by atoms with van der Waals surface area (Å²) >= 11 is 6.29.